The van der Waals surface area contributed by atoms with E-state index in [1.807, 2.05) is 48.8 Å². The molecule has 0 bridgehead atoms. The largest absolute Gasteiger partial charge is 2.00 e. The molecule has 0 fully saturated rings. The number of benzene rings is 6. The molecule has 0 amide bonds. The van der Waals surface area contributed by atoms with E-state index < -0.39 is 0 Å². The Balaban J connectivity index is 0.00000372. The fourth-order valence-electron chi connectivity index (χ4n) is 7.70. The molecule has 4 heterocycles. The van der Waals surface area contributed by atoms with Gasteiger partial charge >= 0.3 is 28.0 Å². The summed E-state index contributed by atoms with van der Waals surface area (Å²) < 4.78 is 10.9. The Morgan fingerprint density at radius 2 is 1.28 bits per heavy atom. The van der Waals surface area contributed by atoms with Crippen LogP contribution in [0.2, 0.25) is 0 Å². The molecule has 0 saturated carbocycles. The van der Waals surface area contributed by atoms with Crippen molar-refractivity contribution in [2.45, 2.75) is 0 Å². The van der Waals surface area contributed by atoms with Gasteiger partial charge in [-0.3, -0.25) is 4.98 Å². The van der Waals surface area contributed by atoms with Crippen LogP contribution in [0.5, 0.6) is 11.5 Å². The molecular weight excluding hydrogens is 832 g/mol. The van der Waals surface area contributed by atoms with Crippen LogP contribution in [0.3, 0.4) is 0 Å². The van der Waals surface area contributed by atoms with Gasteiger partial charge in [0.15, 0.2) is 0 Å². The molecule has 0 aliphatic carbocycles. The van der Waals surface area contributed by atoms with Gasteiger partial charge in [-0.05, 0) is 58.3 Å². The van der Waals surface area contributed by atoms with Gasteiger partial charge in [0.05, 0.1) is 0 Å². The summed E-state index contributed by atoms with van der Waals surface area (Å²) in [5, 5.41) is 2.23. The smallest absolute Gasteiger partial charge is 0.503 e. The van der Waals surface area contributed by atoms with Crippen molar-refractivity contribution in [3.8, 4) is 51.0 Å². The third kappa shape index (κ3) is 5.47. The van der Waals surface area contributed by atoms with Gasteiger partial charge in [0.1, 0.15) is 5.82 Å². The topological polar surface area (TPSA) is 48.1 Å². The average Bonchev–Trinajstić information content (AvgIpc) is 3.82. The van der Waals surface area contributed by atoms with E-state index in [0.717, 1.165) is 44.7 Å². The van der Waals surface area contributed by atoms with Gasteiger partial charge in [-0.2, -0.15) is 6.07 Å². The van der Waals surface area contributed by atoms with Gasteiger partial charge < -0.3 is 18.6 Å². The van der Waals surface area contributed by atoms with Crippen LogP contribution in [0.4, 0.5) is 5.69 Å². The van der Waals surface area contributed by atoms with Gasteiger partial charge in [0.25, 0.3) is 0 Å². The molecular formula is C45H30BN5OPt. The monoisotopic (exact) mass is 862 g/mol. The number of para-hydroxylation sites is 1. The van der Waals surface area contributed by atoms with Crippen molar-refractivity contribution in [1.82, 2.24) is 19.0 Å². The zero-order valence-corrected chi connectivity index (χ0v) is 30.9. The first-order chi connectivity index (χ1) is 25.7. The summed E-state index contributed by atoms with van der Waals surface area (Å²) in [4.78, 5) is 11.9. The number of rotatable bonds is 6. The second-order valence-electron chi connectivity index (χ2n) is 13.0. The van der Waals surface area contributed by atoms with Crippen LogP contribution < -0.4 is 15.0 Å². The average molecular weight is 863 g/mol. The number of nitrogens with zero attached hydrogens (tertiary/aromatic N) is 5. The van der Waals surface area contributed by atoms with E-state index in [1.54, 1.807) is 0 Å². The van der Waals surface area contributed by atoms with Gasteiger partial charge in [0.2, 0.25) is 0 Å². The number of fused-ring (bicyclic) bond motifs is 6. The predicted molar refractivity (Wildman–Crippen MR) is 210 cm³/mol. The summed E-state index contributed by atoms with van der Waals surface area (Å²) >= 11 is 0. The number of ether oxygens (including phenoxy) is 1. The Bertz CT molecular complexity index is 2690. The predicted octanol–water partition coefficient (Wildman–Crippen LogP) is 9.46. The van der Waals surface area contributed by atoms with E-state index in [2.05, 4.69) is 153 Å². The standard InChI is InChI=1S/C45H30BN5O.Pt/c1-49-40-25-23-33(52-34-22-24-38-37-17-8-9-20-41(37)51(42(38)30-34)43-21-10-11-26-47-43)29-39(40)45-48-27-28-50(45)46(49)44-35(31-13-4-2-5-14-31)18-12-19-36(44)32-15-6-3-7-16-32;/h2-28H,1H3;/q-2;+2. The van der Waals surface area contributed by atoms with Crippen LogP contribution in [-0.4, -0.2) is 33.0 Å². The van der Waals surface area contributed by atoms with Crippen LogP contribution >= 0.6 is 0 Å². The molecule has 0 radical (unpaired) electrons. The first kappa shape index (κ1) is 32.7. The van der Waals surface area contributed by atoms with E-state index >= 15 is 0 Å². The van der Waals surface area contributed by atoms with Gasteiger partial charge in [-0.15, -0.1) is 23.6 Å². The normalized spacial score (nSPS) is 12.0. The van der Waals surface area contributed by atoms with E-state index in [0.29, 0.717) is 11.5 Å². The first-order valence-corrected chi connectivity index (χ1v) is 17.3. The summed E-state index contributed by atoms with van der Waals surface area (Å²) in [7, 11) is 2.15. The summed E-state index contributed by atoms with van der Waals surface area (Å²) in [6.07, 6.45) is 5.75. The Labute approximate surface area is 322 Å². The molecule has 0 spiro atoms. The van der Waals surface area contributed by atoms with Gasteiger partial charge in [0, 0.05) is 41.4 Å². The molecule has 0 atom stereocenters. The molecule has 254 valence electrons. The summed E-state index contributed by atoms with van der Waals surface area (Å²) in [6.45, 7) is -0.166. The quantitative estimate of drug-likeness (QED) is 0.124. The SMILES string of the molecule is CN1B(c2c(-c3ccccc3)cccc2-c2ccccc2)n2ccnc2-c2[c-]c(Oc3[c-]c4c(cc3)c3ccccc3n4-c3ccccn3)ccc21.[Pt+2]. The number of hydrogen-bond donors (Lipinski definition) is 0. The zero-order chi connectivity index (χ0) is 34.6. The van der Waals surface area contributed by atoms with Crippen LogP contribution in [0.15, 0.2) is 164 Å². The van der Waals surface area contributed by atoms with Gasteiger partial charge in [-0.25, -0.2) is 4.98 Å². The first-order valence-electron chi connectivity index (χ1n) is 17.3. The molecule has 10 rings (SSSR count). The van der Waals surface area contributed by atoms with Crippen LogP contribution in [0.25, 0.3) is 61.3 Å². The molecule has 6 aromatic carbocycles. The number of aromatic nitrogens is 4. The minimum Gasteiger partial charge on any atom is -0.503 e. The minimum absolute atomic E-state index is 0. The van der Waals surface area contributed by atoms with Crippen LogP contribution in [-0.2, 0) is 21.1 Å². The van der Waals surface area contributed by atoms with E-state index in [9.17, 15) is 0 Å². The Morgan fingerprint density at radius 1 is 0.604 bits per heavy atom. The van der Waals surface area contributed by atoms with Crippen LogP contribution in [0, 0.1) is 12.1 Å². The number of hydrogen-bond acceptors (Lipinski definition) is 4. The molecule has 9 aromatic rings. The molecule has 3 aromatic heterocycles. The van der Waals surface area contributed by atoms with Crippen molar-refractivity contribution in [2.24, 2.45) is 0 Å². The van der Waals surface area contributed by atoms with E-state index in [4.69, 9.17) is 9.72 Å². The summed E-state index contributed by atoms with van der Waals surface area (Å²) in [6, 6.07) is 57.4. The Morgan fingerprint density at radius 3 is 2.02 bits per heavy atom. The third-order valence-corrected chi connectivity index (χ3v) is 9.99. The maximum absolute atomic E-state index is 6.53. The van der Waals surface area contributed by atoms with Crippen molar-refractivity contribution < 1.29 is 25.8 Å². The fraction of sp³-hybridized carbons (Fsp3) is 0.0222. The summed E-state index contributed by atoms with van der Waals surface area (Å²) in [5.41, 5.74) is 9.77. The maximum Gasteiger partial charge on any atom is 2.00 e. The molecule has 6 nitrogen and oxygen atoms in total. The Kier molecular flexibility index (Phi) is 8.29. The van der Waals surface area contributed by atoms with Crippen molar-refractivity contribution >= 4 is 39.9 Å². The second-order valence-corrected chi connectivity index (χ2v) is 13.0. The molecule has 0 N–H and O–H groups in total. The number of anilines is 1. The molecule has 1 aliphatic rings. The molecule has 0 saturated heterocycles. The molecule has 1 aliphatic heterocycles. The molecule has 8 heteroatoms. The number of imidazole rings is 1. The molecule has 53 heavy (non-hydrogen) atoms. The second kappa shape index (κ2) is 13.4. The van der Waals surface area contributed by atoms with Crippen molar-refractivity contribution in [3.05, 3.63) is 176 Å². The maximum atomic E-state index is 6.53. The van der Waals surface area contributed by atoms with Crippen LogP contribution in [0.1, 0.15) is 0 Å². The Hall–Kier alpha value is -6.17. The minimum atomic E-state index is -0.166. The number of pyridine rings is 1. The van der Waals surface area contributed by atoms with Crippen molar-refractivity contribution in [1.29, 1.82) is 0 Å². The molecule has 0 unspecified atom stereocenters. The fourth-order valence-corrected chi connectivity index (χ4v) is 7.70. The van der Waals surface area contributed by atoms with Crippen molar-refractivity contribution in [2.75, 3.05) is 11.9 Å². The van der Waals surface area contributed by atoms with Crippen molar-refractivity contribution in [3.63, 3.8) is 0 Å². The van der Waals surface area contributed by atoms with Gasteiger partial charge in [-0.1, -0.05) is 132 Å². The van der Waals surface area contributed by atoms with E-state index in [1.165, 1.54) is 27.7 Å². The zero-order valence-electron chi connectivity index (χ0n) is 28.6. The summed E-state index contributed by atoms with van der Waals surface area (Å²) in [5.74, 6) is 2.85. The third-order valence-electron chi connectivity index (χ3n) is 9.99. The van der Waals surface area contributed by atoms with E-state index in [-0.39, 0.29) is 28.0 Å².